The van der Waals surface area contributed by atoms with Crippen LogP contribution in [0.4, 0.5) is 0 Å². The lowest BCUT2D eigenvalue weighted by Crippen LogP contribution is -2.52. The van der Waals surface area contributed by atoms with Gasteiger partial charge in [0, 0.05) is 19.0 Å². The number of carbonyl (C=O) groups excluding carboxylic acids is 2. The monoisotopic (exact) mass is 320 g/mol. The zero-order valence-corrected chi connectivity index (χ0v) is 13.8. The summed E-state index contributed by atoms with van der Waals surface area (Å²) in [5.74, 6) is -1.53. The number of nitrogens with one attached hydrogen (secondary N) is 2. The molecule has 0 aliphatic rings. The number of aliphatic carboxylic acids is 1. The molecule has 1 rings (SSSR count). The van der Waals surface area contributed by atoms with E-state index in [2.05, 4.69) is 10.6 Å². The summed E-state index contributed by atoms with van der Waals surface area (Å²) in [6.07, 6.45) is 1.65. The van der Waals surface area contributed by atoms with Crippen LogP contribution in [-0.4, -0.2) is 35.5 Å². The summed E-state index contributed by atoms with van der Waals surface area (Å²) in [6.45, 7) is 3.39. The highest BCUT2D eigenvalue weighted by molar-refractivity contribution is 5.94. The van der Waals surface area contributed by atoms with Crippen molar-refractivity contribution in [3.05, 3.63) is 35.4 Å². The molecule has 23 heavy (non-hydrogen) atoms. The first-order valence-electron chi connectivity index (χ1n) is 7.68. The molecule has 0 heterocycles. The van der Waals surface area contributed by atoms with E-state index in [9.17, 15) is 19.5 Å². The Labute approximate surface area is 136 Å². The molecule has 0 fully saturated rings. The molecular weight excluding hydrogens is 296 g/mol. The molecule has 0 aliphatic heterocycles. The fourth-order valence-corrected chi connectivity index (χ4v) is 2.36. The molecule has 2 amide bonds. The summed E-state index contributed by atoms with van der Waals surface area (Å²) < 4.78 is 0. The Balaban J connectivity index is 2.66. The first-order valence-corrected chi connectivity index (χ1v) is 7.68. The highest BCUT2D eigenvalue weighted by atomic mass is 16.4. The van der Waals surface area contributed by atoms with Crippen molar-refractivity contribution in [2.45, 2.75) is 45.1 Å². The quantitative estimate of drug-likeness (QED) is 0.680. The van der Waals surface area contributed by atoms with Gasteiger partial charge in [-0.3, -0.25) is 9.59 Å². The van der Waals surface area contributed by atoms with Crippen LogP contribution < -0.4 is 10.6 Å². The number of benzene rings is 1. The Morgan fingerprint density at radius 1 is 1.26 bits per heavy atom. The van der Waals surface area contributed by atoms with Crippen molar-refractivity contribution in [1.82, 2.24) is 10.6 Å². The lowest BCUT2D eigenvalue weighted by atomic mass is 9.95. The average Bonchev–Trinajstić information content (AvgIpc) is 2.52. The standard InChI is InChI=1S/C17H24N2O4/c1-4-10-17(2,16(22)23)19-14(20)9-8-12-6-5-7-13(11-12)15(21)18-3/h5-7,11H,4,8-10H2,1-3H3,(H,18,21)(H,19,20)(H,22,23). The van der Waals surface area contributed by atoms with E-state index in [4.69, 9.17) is 0 Å². The van der Waals surface area contributed by atoms with Crippen LogP contribution in [0.2, 0.25) is 0 Å². The molecule has 1 unspecified atom stereocenters. The van der Waals surface area contributed by atoms with Crippen molar-refractivity contribution < 1.29 is 19.5 Å². The highest BCUT2D eigenvalue weighted by Gasteiger charge is 2.33. The summed E-state index contributed by atoms with van der Waals surface area (Å²) in [7, 11) is 1.56. The van der Waals surface area contributed by atoms with Crippen molar-refractivity contribution in [2.75, 3.05) is 7.05 Å². The topological polar surface area (TPSA) is 95.5 Å². The van der Waals surface area contributed by atoms with Crippen LogP contribution in [-0.2, 0) is 16.0 Å². The van der Waals surface area contributed by atoms with Crippen LogP contribution in [0.15, 0.2) is 24.3 Å². The van der Waals surface area contributed by atoms with Gasteiger partial charge in [0.15, 0.2) is 0 Å². The number of carboxylic acids is 1. The van der Waals surface area contributed by atoms with Gasteiger partial charge in [-0.05, 0) is 37.5 Å². The zero-order valence-electron chi connectivity index (χ0n) is 13.8. The van der Waals surface area contributed by atoms with E-state index in [0.29, 0.717) is 24.8 Å². The van der Waals surface area contributed by atoms with Crippen LogP contribution in [0.1, 0.15) is 49.0 Å². The Morgan fingerprint density at radius 3 is 2.52 bits per heavy atom. The molecule has 0 radical (unpaired) electrons. The maximum Gasteiger partial charge on any atom is 0.329 e. The second-order valence-corrected chi connectivity index (χ2v) is 5.71. The second kappa shape index (κ2) is 8.31. The third-order valence-electron chi connectivity index (χ3n) is 3.69. The number of hydrogen-bond acceptors (Lipinski definition) is 3. The highest BCUT2D eigenvalue weighted by Crippen LogP contribution is 2.14. The van der Waals surface area contributed by atoms with Crippen LogP contribution in [0.3, 0.4) is 0 Å². The third-order valence-corrected chi connectivity index (χ3v) is 3.69. The van der Waals surface area contributed by atoms with E-state index in [1.165, 1.54) is 6.92 Å². The molecular formula is C17H24N2O4. The van der Waals surface area contributed by atoms with E-state index < -0.39 is 11.5 Å². The van der Waals surface area contributed by atoms with Crippen molar-refractivity contribution in [3.8, 4) is 0 Å². The van der Waals surface area contributed by atoms with Crippen molar-refractivity contribution in [1.29, 1.82) is 0 Å². The number of carboxylic acid groups (broad SMARTS) is 1. The van der Waals surface area contributed by atoms with Crippen LogP contribution in [0.5, 0.6) is 0 Å². The molecule has 6 heteroatoms. The van der Waals surface area contributed by atoms with Crippen molar-refractivity contribution in [2.24, 2.45) is 0 Å². The van der Waals surface area contributed by atoms with E-state index in [0.717, 1.165) is 5.56 Å². The fourth-order valence-electron chi connectivity index (χ4n) is 2.36. The summed E-state index contributed by atoms with van der Waals surface area (Å²) in [6, 6.07) is 7.03. The number of hydrogen-bond donors (Lipinski definition) is 3. The van der Waals surface area contributed by atoms with E-state index in [1.54, 1.807) is 25.2 Å². The molecule has 1 aromatic carbocycles. The van der Waals surface area contributed by atoms with Gasteiger partial charge in [0.2, 0.25) is 5.91 Å². The molecule has 0 aliphatic carbocycles. The molecule has 1 aromatic rings. The Morgan fingerprint density at radius 2 is 1.96 bits per heavy atom. The summed E-state index contributed by atoms with van der Waals surface area (Å²) in [4.78, 5) is 34.9. The molecule has 3 N–H and O–H groups in total. The Kier molecular flexibility index (Phi) is 6.75. The Hall–Kier alpha value is -2.37. The van der Waals surface area contributed by atoms with Gasteiger partial charge in [-0.2, -0.15) is 0 Å². The van der Waals surface area contributed by atoms with Gasteiger partial charge in [-0.25, -0.2) is 4.79 Å². The average molecular weight is 320 g/mol. The minimum absolute atomic E-state index is 0.170. The first-order chi connectivity index (χ1) is 10.8. The number of aryl methyl sites for hydroxylation is 1. The predicted molar refractivity (Wildman–Crippen MR) is 87.2 cm³/mol. The van der Waals surface area contributed by atoms with E-state index >= 15 is 0 Å². The fraction of sp³-hybridized carbons (Fsp3) is 0.471. The predicted octanol–water partition coefficient (Wildman–Crippen LogP) is 1.74. The molecule has 6 nitrogen and oxygen atoms in total. The minimum atomic E-state index is -1.24. The van der Waals surface area contributed by atoms with Gasteiger partial charge in [-0.15, -0.1) is 0 Å². The lowest BCUT2D eigenvalue weighted by molar-refractivity contribution is -0.147. The number of amides is 2. The first kappa shape index (κ1) is 18.7. The molecule has 0 saturated heterocycles. The van der Waals surface area contributed by atoms with Gasteiger partial charge in [-0.1, -0.05) is 25.5 Å². The zero-order chi connectivity index (χ0) is 17.5. The van der Waals surface area contributed by atoms with Crippen LogP contribution in [0, 0.1) is 0 Å². The maximum absolute atomic E-state index is 12.0. The second-order valence-electron chi connectivity index (χ2n) is 5.71. The largest absolute Gasteiger partial charge is 0.480 e. The van der Waals surface area contributed by atoms with E-state index in [1.807, 2.05) is 13.0 Å². The maximum atomic E-state index is 12.0. The van der Waals surface area contributed by atoms with Gasteiger partial charge in [0.05, 0.1) is 0 Å². The minimum Gasteiger partial charge on any atom is -0.480 e. The summed E-state index contributed by atoms with van der Waals surface area (Å²) in [5, 5.41) is 14.4. The summed E-state index contributed by atoms with van der Waals surface area (Å²) >= 11 is 0. The molecule has 126 valence electrons. The normalized spacial score (nSPS) is 13.0. The van der Waals surface area contributed by atoms with Gasteiger partial charge in [0.1, 0.15) is 5.54 Å². The van der Waals surface area contributed by atoms with Gasteiger partial charge in [0.25, 0.3) is 5.91 Å². The van der Waals surface area contributed by atoms with Gasteiger partial charge < -0.3 is 15.7 Å². The summed E-state index contributed by atoms with van der Waals surface area (Å²) in [5.41, 5.74) is 0.149. The molecule has 1 atom stereocenters. The Bertz CT molecular complexity index is 586. The lowest BCUT2D eigenvalue weighted by Gasteiger charge is -2.25. The van der Waals surface area contributed by atoms with Crippen LogP contribution >= 0.6 is 0 Å². The smallest absolute Gasteiger partial charge is 0.329 e. The van der Waals surface area contributed by atoms with Gasteiger partial charge >= 0.3 is 5.97 Å². The third kappa shape index (κ3) is 5.39. The molecule has 0 spiro atoms. The number of rotatable bonds is 8. The van der Waals surface area contributed by atoms with Crippen molar-refractivity contribution in [3.63, 3.8) is 0 Å². The molecule has 0 aromatic heterocycles. The molecule has 0 saturated carbocycles. The SMILES string of the molecule is CCCC(C)(NC(=O)CCc1cccc(C(=O)NC)c1)C(=O)O. The van der Waals surface area contributed by atoms with Crippen molar-refractivity contribution >= 4 is 17.8 Å². The van der Waals surface area contributed by atoms with E-state index in [-0.39, 0.29) is 18.2 Å². The van der Waals surface area contributed by atoms with Crippen LogP contribution in [0.25, 0.3) is 0 Å². The molecule has 0 bridgehead atoms. The number of carbonyl (C=O) groups is 3.